The van der Waals surface area contributed by atoms with Crippen molar-refractivity contribution in [2.45, 2.75) is 45.3 Å². The van der Waals surface area contributed by atoms with Gasteiger partial charge in [0.25, 0.3) is 0 Å². The number of nitrogens with one attached hydrogen (secondary N) is 1. The van der Waals surface area contributed by atoms with Crippen molar-refractivity contribution in [1.29, 1.82) is 0 Å². The number of carbonyl (C=O) groups is 1. The maximum Gasteiger partial charge on any atom is 0.219 e. The Hall–Kier alpha value is -1.33. The zero-order valence-electron chi connectivity index (χ0n) is 11.6. The van der Waals surface area contributed by atoms with Crippen LogP contribution in [0.1, 0.15) is 38.4 Å². The van der Waals surface area contributed by atoms with Gasteiger partial charge in [0.05, 0.1) is 6.26 Å². The number of ether oxygens (including phenoxy) is 1. The summed E-state index contributed by atoms with van der Waals surface area (Å²) in [4.78, 5) is 11.4. The van der Waals surface area contributed by atoms with Crippen molar-refractivity contribution in [1.82, 2.24) is 5.32 Å². The summed E-state index contributed by atoms with van der Waals surface area (Å²) >= 11 is 0. The average Bonchev–Trinajstić information content (AvgIpc) is 2.86. The Morgan fingerprint density at radius 2 is 2.37 bits per heavy atom. The van der Waals surface area contributed by atoms with E-state index in [2.05, 4.69) is 5.32 Å². The lowest BCUT2D eigenvalue weighted by molar-refractivity contribution is -0.121. The molecule has 19 heavy (non-hydrogen) atoms. The van der Waals surface area contributed by atoms with E-state index >= 15 is 0 Å². The number of furan rings is 1. The summed E-state index contributed by atoms with van der Waals surface area (Å²) in [6, 6.07) is 3.88. The van der Waals surface area contributed by atoms with Crippen molar-refractivity contribution in [3.63, 3.8) is 0 Å². The van der Waals surface area contributed by atoms with Crippen LogP contribution in [0.3, 0.4) is 0 Å². The highest BCUT2D eigenvalue weighted by Gasteiger charge is 2.02. The van der Waals surface area contributed by atoms with Gasteiger partial charge in [-0.25, -0.2) is 0 Å². The molecule has 0 fully saturated rings. The molecular weight excluding hydrogens is 244 g/mol. The second-order valence-electron chi connectivity index (χ2n) is 4.70. The summed E-state index contributed by atoms with van der Waals surface area (Å²) in [6.45, 7) is 3.69. The van der Waals surface area contributed by atoms with E-state index in [0.29, 0.717) is 26.2 Å². The maximum absolute atomic E-state index is 11.4. The van der Waals surface area contributed by atoms with E-state index in [1.807, 2.05) is 19.1 Å². The Bertz CT molecular complexity index is 336. The number of rotatable bonds is 10. The van der Waals surface area contributed by atoms with Crippen LogP contribution < -0.4 is 11.1 Å². The summed E-state index contributed by atoms with van der Waals surface area (Å²) in [6.07, 6.45) is 4.72. The average molecular weight is 268 g/mol. The molecule has 1 atom stereocenters. The zero-order valence-corrected chi connectivity index (χ0v) is 11.6. The van der Waals surface area contributed by atoms with Crippen LogP contribution >= 0.6 is 0 Å². The second kappa shape index (κ2) is 9.58. The Balaban J connectivity index is 1.88. The predicted octanol–water partition coefficient (Wildman–Crippen LogP) is 1.82. The number of nitrogens with two attached hydrogens (primary N) is 1. The minimum absolute atomic E-state index is 0.0895. The third kappa shape index (κ3) is 8.40. The SMILES string of the molecule is CC(N)CCCC(=O)NCCCOCc1ccco1. The van der Waals surface area contributed by atoms with E-state index in [9.17, 15) is 4.79 Å². The largest absolute Gasteiger partial charge is 0.467 e. The van der Waals surface area contributed by atoms with E-state index in [1.165, 1.54) is 0 Å². The molecule has 108 valence electrons. The summed E-state index contributed by atoms with van der Waals surface area (Å²) in [5, 5.41) is 2.87. The van der Waals surface area contributed by atoms with Crippen molar-refractivity contribution < 1.29 is 13.9 Å². The molecular formula is C14H24N2O3. The molecule has 0 aliphatic rings. The first-order valence-electron chi connectivity index (χ1n) is 6.81. The van der Waals surface area contributed by atoms with E-state index < -0.39 is 0 Å². The summed E-state index contributed by atoms with van der Waals surface area (Å²) in [5.41, 5.74) is 5.62. The van der Waals surface area contributed by atoms with Crippen LogP contribution in [0.15, 0.2) is 22.8 Å². The Labute approximate surface area is 114 Å². The van der Waals surface area contributed by atoms with Crippen LogP contribution in [0.4, 0.5) is 0 Å². The van der Waals surface area contributed by atoms with Crippen LogP contribution in [-0.4, -0.2) is 25.1 Å². The molecule has 1 aromatic heterocycles. The number of amides is 1. The molecule has 5 nitrogen and oxygen atoms in total. The lowest BCUT2D eigenvalue weighted by Gasteiger charge is -2.06. The highest BCUT2D eigenvalue weighted by molar-refractivity contribution is 5.75. The minimum atomic E-state index is 0.0895. The lowest BCUT2D eigenvalue weighted by atomic mass is 10.1. The fourth-order valence-electron chi connectivity index (χ4n) is 1.64. The molecule has 0 bridgehead atoms. The van der Waals surface area contributed by atoms with Gasteiger partial charge in [-0.2, -0.15) is 0 Å². The Kier molecular flexibility index (Phi) is 7.93. The van der Waals surface area contributed by atoms with Crippen LogP contribution in [0.25, 0.3) is 0 Å². The van der Waals surface area contributed by atoms with Gasteiger partial charge in [-0.15, -0.1) is 0 Å². The van der Waals surface area contributed by atoms with Gasteiger partial charge in [0.2, 0.25) is 5.91 Å². The molecule has 0 spiro atoms. The molecule has 3 N–H and O–H groups in total. The van der Waals surface area contributed by atoms with E-state index in [0.717, 1.165) is 25.0 Å². The molecule has 1 heterocycles. The smallest absolute Gasteiger partial charge is 0.219 e. The van der Waals surface area contributed by atoms with E-state index in [4.69, 9.17) is 14.9 Å². The second-order valence-corrected chi connectivity index (χ2v) is 4.70. The van der Waals surface area contributed by atoms with Gasteiger partial charge in [-0.1, -0.05) is 0 Å². The molecule has 1 rings (SSSR count). The van der Waals surface area contributed by atoms with Crippen molar-refractivity contribution >= 4 is 5.91 Å². The van der Waals surface area contributed by atoms with Gasteiger partial charge in [-0.05, 0) is 38.3 Å². The highest BCUT2D eigenvalue weighted by Crippen LogP contribution is 2.02. The number of hydrogen-bond donors (Lipinski definition) is 2. The minimum Gasteiger partial charge on any atom is -0.467 e. The number of hydrogen-bond acceptors (Lipinski definition) is 4. The maximum atomic E-state index is 11.4. The summed E-state index contributed by atoms with van der Waals surface area (Å²) in [7, 11) is 0. The first-order chi connectivity index (χ1) is 9.18. The summed E-state index contributed by atoms with van der Waals surface area (Å²) in [5.74, 6) is 0.909. The van der Waals surface area contributed by atoms with E-state index in [1.54, 1.807) is 6.26 Å². The third-order valence-corrected chi connectivity index (χ3v) is 2.68. The monoisotopic (exact) mass is 268 g/mol. The molecule has 5 heteroatoms. The van der Waals surface area contributed by atoms with Crippen LogP contribution in [0, 0.1) is 0 Å². The van der Waals surface area contributed by atoms with Gasteiger partial charge < -0.3 is 20.2 Å². The lowest BCUT2D eigenvalue weighted by Crippen LogP contribution is -2.25. The molecule has 0 saturated heterocycles. The molecule has 1 unspecified atom stereocenters. The Morgan fingerprint density at radius 3 is 3.05 bits per heavy atom. The normalized spacial score (nSPS) is 12.3. The van der Waals surface area contributed by atoms with Gasteiger partial charge in [0.1, 0.15) is 12.4 Å². The van der Waals surface area contributed by atoms with Crippen LogP contribution in [0.5, 0.6) is 0 Å². The van der Waals surface area contributed by atoms with Crippen molar-refractivity contribution in [2.24, 2.45) is 5.73 Å². The van der Waals surface area contributed by atoms with Crippen molar-refractivity contribution in [3.8, 4) is 0 Å². The topological polar surface area (TPSA) is 77.5 Å². The quantitative estimate of drug-likeness (QED) is 0.634. The molecule has 0 aliphatic carbocycles. The Morgan fingerprint density at radius 1 is 1.53 bits per heavy atom. The van der Waals surface area contributed by atoms with E-state index in [-0.39, 0.29) is 11.9 Å². The predicted molar refractivity (Wildman–Crippen MR) is 73.5 cm³/mol. The van der Waals surface area contributed by atoms with Crippen molar-refractivity contribution in [3.05, 3.63) is 24.2 Å². The standard InChI is InChI=1S/C14H24N2O3/c1-12(15)5-2-7-14(17)16-8-4-9-18-11-13-6-3-10-19-13/h3,6,10,12H,2,4-5,7-9,11,15H2,1H3,(H,16,17). The number of carbonyl (C=O) groups excluding carboxylic acids is 1. The zero-order chi connectivity index (χ0) is 13.9. The highest BCUT2D eigenvalue weighted by atomic mass is 16.5. The fourth-order valence-corrected chi connectivity index (χ4v) is 1.64. The van der Waals surface area contributed by atoms with Gasteiger partial charge in [0.15, 0.2) is 0 Å². The molecule has 0 radical (unpaired) electrons. The third-order valence-electron chi connectivity index (χ3n) is 2.68. The molecule has 0 aromatic carbocycles. The molecule has 1 amide bonds. The fraction of sp³-hybridized carbons (Fsp3) is 0.643. The molecule has 0 saturated carbocycles. The van der Waals surface area contributed by atoms with Crippen LogP contribution in [-0.2, 0) is 16.1 Å². The van der Waals surface area contributed by atoms with Gasteiger partial charge >= 0.3 is 0 Å². The summed E-state index contributed by atoms with van der Waals surface area (Å²) < 4.78 is 10.5. The first kappa shape index (κ1) is 15.7. The first-order valence-corrected chi connectivity index (χ1v) is 6.81. The van der Waals surface area contributed by atoms with Crippen molar-refractivity contribution in [2.75, 3.05) is 13.2 Å². The molecule has 1 aromatic rings. The van der Waals surface area contributed by atoms with Gasteiger partial charge in [0, 0.05) is 25.6 Å². The van der Waals surface area contributed by atoms with Crippen LogP contribution in [0.2, 0.25) is 0 Å². The van der Waals surface area contributed by atoms with Gasteiger partial charge in [-0.3, -0.25) is 4.79 Å². The molecule has 0 aliphatic heterocycles.